The average Bonchev–Trinajstić information content (AvgIpc) is 3.32. The number of carbonyl (C=O) groups excluding carboxylic acids is 1. The highest BCUT2D eigenvalue weighted by Crippen LogP contribution is 2.37. The van der Waals surface area contributed by atoms with Gasteiger partial charge in [-0.25, -0.2) is 14.5 Å². The van der Waals surface area contributed by atoms with Crippen molar-refractivity contribution in [3.63, 3.8) is 0 Å². The van der Waals surface area contributed by atoms with Gasteiger partial charge in [-0.1, -0.05) is 12.5 Å². The summed E-state index contributed by atoms with van der Waals surface area (Å²) in [7, 11) is 0. The Balaban J connectivity index is 0.000000364. The number of hydrogen-bond acceptors (Lipinski definition) is 6. The van der Waals surface area contributed by atoms with Gasteiger partial charge in [-0.2, -0.15) is 18.3 Å². The smallest absolute Gasteiger partial charge is 0.475 e. The molecule has 35 heavy (non-hydrogen) atoms. The van der Waals surface area contributed by atoms with Gasteiger partial charge in [-0.3, -0.25) is 19.0 Å². The molecule has 188 valence electrons. The van der Waals surface area contributed by atoms with Gasteiger partial charge in [0.25, 0.3) is 5.91 Å². The van der Waals surface area contributed by atoms with Crippen LogP contribution in [0.4, 0.5) is 13.2 Å². The van der Waals surface area contributed by atoms with Crippen molar-refractivity contribution in [2.24, 2.45) is 11.8 Å². The minimum atomic E-state index is -5.08. The Morgan fingerprint density at radius 3 is 2.37 bits per heavy atom. The van der Waals surface area contributed by atoms with E-state index in [1.807, 2.05) is 19.1 Å². The molecule has 0 spiro atoms. The highest BCUT2D eigenvalue weighted by molar-refractivity contribution is 5.92. The number of aryl methyl sites for hydroxylation is 1. The van der Waals surface area contributed by atoms with E-state index in [1.165, 1.54) is 15.7 Å². The van der Waals surface area contributed by atoms with Gasteiger partial charge in [0.2, 0.25) is 0 Å². The van der Waals surface area contributed by atoms with Gasteiger partial charge in [-0.15, -0.1) is 0 Å². The predicted molar refractivity (Wildman–Crippen MR) is 115 cm³/mol. The molecule has 5 rings (SSSR count). The number of alkyl halides is 3. The van der Waals surface area contributed by atoms with Crippen LogP contribution in [0.3, 0.4) is 0 Å². The second-order valence-corrected chi connectivity index (χ2v) is 9.10. The molecule has 2 aromatic rings. The summed E-state index contributed by atoms with van der Waals surface area (Å²) >= 11 is 0. The molecule has 2 aliphatic heterocycles. The fourth-order valence-electron chi connectivity index (χ4n) is 4.62. The van der Waals surface area contributed by atoms with Crippen LogP contribution >= 0.6 is 0 Å². The van der Waals surface area contributed by atoms with Crippen LogP contribution in [0, 0.1) is 18.8 Å². The molecule has 1 amide bonds. The number of pyridine rings is 1. The van der Waals surface area contributed by atoms with Crippen LogP contribution in [0.5, 0.6) is 0 Å². The lowest BCUT2D eigenvalue weighted by Gasteiger charge is -2.25. The molecule has 2 fully saturated rings. The molecule has 10 nitrogen and oxygen atoms in total. The lowest BCUT2D eigenvalue weighted by molar-refractivity contribution is -0.192. The van der Waals surface area contributed by atoms with Crippen LogP contribution < -0.4 is 11.1 Å². The summed E-state index contributed by atoms with van der Waals surface area (Å²) in [5.41, 5.74) is 0.258. The number of carboxylic acid groups (broad SMARTS) is 1. The Morgan fingerprint density at radius 2 is 1.80 bits per heavy atom. The maximum atomic E-state index is 12.8. The van der Waals surface area contributed by atoms with Gasteiger partial charge in [0.1, 0.15) is 11.5 Å². The van der Waals surface area contributed by atoms with Crippen LogP contribution in [0.2, 0.25) is 0 Å². The maximum absolute atomic E-state index is 12.8. The van der Waals surface area contributed by atoms with E-state index in [2.05, 4.69) is 10.1 Å². The van der Waals surface area contributed by atoms with E-state index in [4.69, 9.17) is 9.90 Å². The summed E-state index contributed by atoms with van der Waals surface area (Å²) in [4.78, 5) is 52.9. The minimum absolute atomic E-state index is 0.00491. The van der Waals surface area contributed by atoms with Crippen LogP contribution in [-0.4, -0.2) is 60.5 Å². The van der Waals surface area contributed by atoms with Gasteiger partial charge in [0.15, 0.2) is 0 Å². The number of amides is 1. The molecular weight excluding hydrogens is 471 g/mol. The monoisotopic (exact) mass is 495 g/mol. The lowest BCUT2D eigenvalue weighted by Crippen LogP contribution is -2.45. The Kier molecular flexibility index (Phi) is 6.52. The lowest BCUT2D eigenvalue weighted by atomic mass is 9.85. The van der Waals surface area contributed by atoms with Gasteiger partial charge >= 0.3 is 23.3 Å². The molecule has 2 unspecified atom stereocenters. The Bertz CT molecular complexity index is 1270. The number of carbonyl (C=O) groups is 2. The number of halogens is 3. The third-order valence-electron chi connectivity index (χ3n) is 6.65. The first-order valence-electron chi connectivity index (χ1n) is 11.2. The number of fused-ring (bicyclic) bond motifs is 3. The second kappa shape index (κ2) is 9.27. The van der Waals surface area contributed by atoms with Crippen molar-refractivity contribution in [3.8, 4) is 0 Å². The summed E-state index contributed by atoms with van der Waals surface area (Å²) < 4.78 is 34.6. The molecule has 0 bridgehead atoms. The van der Waals surface area contributed by atoms with Gasteiger partial charge in [0, 0.05) is 43.7 Å². The van der Waals surface area contributed by atoms with Gasteiger partial charge < -0.3 is 10.0 Å². The van der Waals surface area contributed by atoms with Crippen molar-refractivity contribution >= 4 is 11.9 Å². The zero-order chi connectivity index (χ0) is 25.5. The van der Waals surface area contributed by atoms with Crippen molar-refractivity contribution in [1.82, 2.24) is 24.2 Å². The number of hydrogen-bond donors (Lipinski definition) is 1. The molecule has 3 aliphatic rings. The molecule has 2 atom stereocenters. The SMILES string of the molecule is Cc1cccc(C(=O)N2CC3Cn4c(nn(CC5CCC5)c(=O)c4=O)C3C2)n1.O=C(O)C(F)(F)F. The summed E-state index contributed by atoms with van der Waals surface area (Å²) in [6.45, 7) is 3.90. The van der Waals surface area contributed by atoms with Crippen LogP contribution in [-0.2, 0) is 17.9 Å². The van der Waals surface area contributed by atoms with E-state index in [0.717, 1.165) is 18.5 Å². The predicted octanol–water partition coefficient (Wildman–Crippen LogP) is 1.41. The quantitative estimate of drug-likeness (QED) is 0.638. The summed E-state index contributed by atoms with van der Waals surface area (Å²) in [5, 5.41) is 11.7. The Labute approximate surface area is 197 Å². The number of aliphatic carboxylic acids is 1. The zero-order valence-electron chi connectivity index (χ0n) is 18.9. The first kappa shape index (κ1) is 24.6. The molecule has 2 aromatic heterocycles. The fraction of sp³-hybridized carbons (Fsp3) is 0.545. The van der Waals surface area contributed by atoms with E-state index in [9.17, 15) is 27.6 Å². The fourth-order valence-corrected chi connectivity index (χ4v) is 4.62. The standard InChI is InChI=1S/C20H23N5O3.C2HF3O2/c1-12-4-2-7-16(21-12)18(26)23-9-14-10-24-17(15(14)11-23)22-25(20(28)19(24)27)8-13-5-3-6-13;3-2(4,5)1(6)7/h2,4,7,13-15H,3,5-6,8-11H2,1H3;(H,6,7). The van der Waals surface area contributed by atoms with Gasteiger partial charge in [0.05, 0.1) is 0 Å². The third kappa shape index (κ3) is 4.98. The van der Waals surface area contributed by atoms with E-state index < -0.39 is 23.3 Å². The Hall–Kier alpha value is -3.51. The highest BCUT2D eigenvalue weighted by atomic mass is 19.4. The number of carboxylic acids is 1. The largest absolute Gasteiger partial charge is 0.490 e. The molecular formula is C22H24F3N5O5. The molecule has 1 saturated carbocycles. The highest BCUT2D eigenvalue weighted by Gasteiger charge is 2.44. The summed E-state index contributed by atoms with van der Waals surface area (Å²) in [6.07, 6.45) is -1.73. The van der Waals surface area contributed by atoms with Crippen LogP contribution in [0.25, 0.3) is 0 Å². The topological polar surface area (TPSA) is 127 Å². The van der Waals surface area contributed by atoms with E-state index in [1.54, 1.807) is 11.0 Å². The minimum Gasteiger partial charge on any atom is -0.475 e. The molecule has 1 N–H and O–H groups in total. The van der Waals surface area contributed by atoms with Crippen molar-refractivity contribution in [1.29, 1.82) is 0 Å². The van der Waals surface area contributed by atoms with Crippen LogP contribution in [0.15, 0.2) is 27.8 Å². The van der Waals surface area contributed by atoms with E-state index in [-0.39, 0.29) is 17.7 Å². The first-order chi connectivity index (χ1) is 16.5. The number of nitrogens with zero attached hydrogens (tertiary/aromatic N) is 5. The Morgan fingerprint density at radius 1 is 1.11 bits per heavy atom. The van der Waals surface area contributed by atoms with Gasteiger partial charge in [-0.05, 0) is 37.8 Å². The van der Waals surface area contributed by atoms with Crippen molar-refractivity contribution in [3.05, 3.63) is 56.1 Å². The number of aromatic nitrogens is 4. The normalized spacial score (nSPS) is 21.0. The molecule has 0 aromatic carbocycles. The first-order valence-corrected chi connectivity index (χ1v) is 11.2. The zero-order valence-corrected chi connectivity index (χ0v) is 18.9. The number of likely N-dealkylation sites (tertiary alicyclic amines) is 1. The average molecular weight is 495 g/mol. The second-order valence-electron chi connectivity index (χ2n) is 9.10. The van der Waals surface area contributed by atoms with Crippen molar-refractivity contribution < 1.29 is 27.9 Å². The molecule has 1 saturated heterocycles. The van der Waals surface area contributed by atoms with E-state index >= 15 is 0 Å². The third-order valence-corrected chi connectivity index (χ3v) is 6.65. The summed E-state index contributed by atoms with van der Waals surface area (Å²) in [5.74, 6) is -1.63. The van der Waals surface area contributed by atoms with Crippen molar-refractivity contribution in [2.75, 3.05) is 13.1 Å². The molecule has 13 heteroatoms. The van der Waals surface area contributed by atoms with E-state index in [0.29, 0.717) is 43.6 Å². The maximum Gasteiger partial charge on any atom is 0.490 e. The number of rotatable bonds is 3. The van der Waals surface area contributed by atoms with Crippen LogP contribution in [0.1, 0.15) is 47.2 Å². The molecule has 0 radical (unpaired) electrons. The molecule has 1 aliphatic carbocycles. The molecule has 4 heterocycles. The van der Waals surface area contributed by atoms with Crippen molar-refractivity contribution in [2.45, 2.75) is 51.4 Å². The summed E-state index contributed by atoms with van der Waals surface area (Å²) in [6, 6.07) is 5.43.